The molecule has 1 aliphatic rings. The second kappa shape index (κ2) is 6.96. The van der Waals surface area contributed by atoms with E-state index in [2.05, 4.69) is 10.1 Å². The third kappa shape index (κ3) is 3.23. The molecule has 0 spiro atoms. The fraction of sp³-hybridized carbons (Fsp3) is 0.312. The minimum Gasteiger partial charge on any atom is -0.494 e. The predicted octanol–water partition coefficient (Wildman–Crippen LogP) is 2.56. The van der Waals surface area contributed by atoms with E-state index < -0.39 is 17.3 Å². The summed E-state index contributed by atoms with van der Waals surface area (Å²) < 4.78 is 15.0. The normalized spacial score (nSPS) is 15.1. The fourth-order valence-corrected chi connectivity index (χ4v) is 2.92. The maximum Gasteiger partial charge on any atom is 0.264 e. The number of H-pyrrole nitrogens is 1. The smallest absolute Gasteiger partial charge is 0.264 e. The van der Waals surface area contributed by atoms with Gasteiger partial charge in [0.25, 0.3) is 5.56 Å². The van der Waals surface area contributed by atoms with Crippen LogP contribution in [-0.4, -0.2) is 39.0 Å². The first-order valence-electron chi connectivity index (χ1n) is 7.70. The lowest BCUT2D eigenvalue weighted by Gasteiger charge is -2.23. The van der Waals surface area contributed by atoms with Gasteiger partial charge in [-0.1, -0.05) is 12.1 Å². The number of nitrogens with zero attached hydrogens (tertiary/aromatic N) is 3. The molecule has 3 rings (SSSR count). The Morgan fingerprint density at radius 3 is 2.67 bits per heavy atom. The highest BCUT2D eigenvalue weighted by molar-refractivity contribution is 7.71. The molecule has 8 heteroatoms. The number of benzene rings is 1. The van der Waals surface area contributed by atoms with Crippen LogP contribution in [0.15, 0.2) is 34.2 Å². The second-order valence-electron chi connectivity index (χ2n) is 5.54. The largest absolute Gasteiger partial charge is 0.494 e. The third-order valence-electron chi connectivity index (χ3n) is 3.90. The van der Waals surface area contributed by atoms with Crippen molar-refractivity contribution in [3.8, 4) is 11.6 Å². The number of aromatic amines is 1. The van der Waals surface area contributed by atoms with E-state index >= 15 is 0 Å². The molecule has 0 aliphatic carbocycles. The lowest BCUT2D eigenvalue weighted by Crippen LogP contribution is -2.25. The first-order chi connectivity index (χ1) is 11.6. The third-order valence-corrected chi connectivity index (χ3v) is 4.18. The molecule has 0 saturated carbocycles. The molecular formula is C16H17FN4O2S. The molecule has 126 valence electrons. The molecule has 0 radical (unpaired) electrons. The lowest BCUT2D eigenvalue weighted by atomic mass is 10.2. The van der Waals surface area contributed by atoms with Gasteiger partial charge in [-0.25, -0.2) is 4.39 Å². The summed E-state index contributed by atoms with van der Waals surface area (Å²) in [5, 5.41) is 16.6. The van der Waals surface area contributed by atoms with Crippen LogP contribution in [0.1, 0.15) is 24.8 Å². The summed E-state index contributed by atoms with van der Waals surface area (Å²) in [6, 6.07) is 5.87. The number of nitrogens with one attached hydrogen (secondary N) is 1. The summed E-state index contributed by atoms with van der Waals surface area (Å²) in [6.07, 6.45) is 4.54. The topological polar surface area (TPSA) is 73.6 Å². The lowest BCUT2D eigenvalue weighted by molar-refractivity contribution is 0.240. The van der Waals surface area contributed by atoms with Crippen LogP contribution in [0.2, 0.25) is 0 Å². The molecule has 1 saturated heterocycles. The molecule has 1 aromatic carbocycles. The highest BCUT2D eigenvalue weighted by atomic mass is 32.1. The number of aromatic hydroxyl groups is 1. The molecule has 1 fully saturated rings. The van der Waals surface area contributed by atoms with Crippen molar-refractivity contribution in [3.63, 3.8) is 0 Å². The highest BCUT2D eigenvalue weighted by Gasteiger charge is 2.15. The van der Waals surface area contributed by atoms with E-state index in [1.165, 1.54) is 24.4 Å². The fourth-order valence-electron chi connectivity index (χ4n) is 2.64. The second-order valence-corrected chi connectivity index (χ2v) is 5.93. The van der Waals surface area contributed by atoms with Gasteiger partial charge in [-0.2, -0.15) is 5.10 Å². The standard InChI is InChI=1S/C16H17FN4O2S/c17-12-6-2-3-7-13(12)21-15(23)11(14(22)19-16(21)24)10-18-20-8-4-1-5-9-20/h2-3,6-7,10,23H,1,4-5,8-9H2,(H,19,22,24). The van der Waals surface area contributed by atoms with E-state index in [9.17, 15) is 14.3 Å². The zero-order valence-corrected chi connectivity index (χ0v) is 13.7. The molecule has 24 heavy (non-hydrogen) atoms. The van der Waals surface area contributed by atoms with Gasteiger partial charge < -0.3 is 5.11 Å². The number of halogens is 1. The molecule has 0 bridgehead atoms. The molecule has 1 aromatic heterocycles. The van der Waals surface area contributed by atoms with Gasteiger partial charge in [-0.05, 0) is 43.6 Å². The average Bonchev–Trinajstić information content (AvgIpc) is 2.57. The van der Waals surface area contributed by atoms with Crippen molar-refractivity contribution in [1.82, 2.24) is 14.6 Å². The van der Waals surface area contributed by atoms with E-state index in [0.29, 0.717) is 0 Å². The Morgan fingerprint density at radius 2 is 1.96 bits per heavy atom. The van der Waals surface area contributed by atoms with Crippen molar-refractivity contribution in [3.05, 3.63) is 50.8 Å². The maximum absolute atomic E-state index is 14.0. The number of rotatable bonds is 3. The molecule has 0 amide bonds. The van der Waals surface area contributed by atoms with E-state index in [4.69, 9.17) is 12.2 Å². The Bertz CT molecular complexity index is 884. The van der Waals surface area contributed by atoms with Crippen molar-refractivity contribution in [2.24, 2.45) is 5.10 Å². The van der Waals surface area contributed by atoms with Crippen LogP contribution < -0.4 is 5.56 Å². The molecule has 0 atom stereocenters. The molecule has 2 heterocycles. The number of para-hydroxylation sites is 1. The highest BCUT2D eigenvalue weighted by Crippen LogP contribution is 2.21. The van der Waals surface area contributed by atoms with Crippen LogP contribution in [-0.2, 0) is 0 Å². The first kappa shape index (κ1) is 16.4. The number of aromatic nitrogens is 2. The van der Waals surface area contributed by atoms with Crippen LogP contribution in [0.3, 0.4) is 0 Å². The quantitative estimate of drug-likeness (QED) is 0.660. The summed E-state index contributed by atoms with van der Waals surface area (Å²) in [5.74, 6) is -0.996. The molecule has 2 N–H and O–H groups in total. The summed E-state index contributed by atoms with van der Waals surface area (Å²) in [4.78, 5) is 14.6. The number of hydrazone groups is 1. The number of piperidine rings is 1. The summed E-state index contributed by atoms with van der Waals surface area (Å²) in [6.45, 7) is 1.61. The first-order valence-corrected chi connectivity index (χ1v) is 8.11. The van der Waals surface area contributed by atoms with Crippen LogP contribution >= 0.6 is 12.2 Å². The minimum absolute atomic E-state index is 0.0579. The van der Waals surface area contributed by atoms with Gasteiger partial charge >= 0.3 is 0 Å². The molecule has 6 nitrogen and oxygen atoms in total. The minimum atomic E-state index is -0.564. The Morgan fingerprint density at radius 1 is 1.25 bits per heavy atom. The zero-order valence-electron chi connectivity index (χ0n) is 12.9. The van der Waals surface area contributed by atoms with Crippen LogP contribution in [0.4, 0.5) is 4.39 Å². The van der Waals surface area contributed by atoms with Crippen LogP contribution in [0, 0.1) is 10.6 Å². The van der Waals surface area contributed by atoms with Crippen molar-refractivity contribution in [2.75, 3.05) is 13.1 Å². The van der Waals surface area contributed by atoms with E-state index in [-0.39, 0.29) is 16.0 Å². The van der Waals surface area contributed by atoms with E-state index in [1.807, 2.05) is 5.01 Å². The SMILES string of the molecule is O=c1[nH]c(=S)n(-c2ccccc2F)c(O)c1C=NN1CCCCC1. The number of hydrogen-bond donors (Lipinski definition) is 2. The van der Waals surface area contributed by atoms with Crippen LogP contribution in [0.5, 0.6) is 5.88 Å². The Labute approximate surface area is 142 Å². The Balaban J connectivity index is 2.06. The molecule has 2 aromatic rings. The van der Waals surface area contributed by atoms with Gasteiger partial charge in [0.2, 0.25) is 5.88 Å². The van der Waals surface area contributed by atoms with Gasteiger partial charge in [0.1, 0.15) is 11.4 Å². The maximum atomic E-state index is 14.0. The van der Waals surface area contributed by atoms with E-state index in [0.717, 1.165) is 36.9 Å². The number of hydrogen-bond acceptors (Lipinski definition) is 5. The zero-order chi connectivity index (χ0) is 17.1. The van der Waals surface area contributed by atoms with Gasteiger partial charge in [-0.15, -0.1) is 0 Å². The summed E-state index contributed by atoms with van der Waals surface area (Å²) in [5.41, 5.74) is -0.563. The Hall–Kier alpha value is -2.48. The van der Waals surface area contributed by atoms with Crippen molar-refractivity contribution in [2.45, 2.75) is 19.3 Å². The molecule has 1 aliphatic heterocycles. The predicted molar refractivity (Wildman–Crippen MR) is 91.9 cm³/mol. The summed E-state index contributed by atoms with van der Waals surface area (Å²) >= 11 is 5.06. The van der Waals surface area contributed by atoms with Gasteiger partial charge in [0.05, 0.1) is 11.9 Å². The average molecular weight is 348 g/mol. The van der Waals surface area contributed by atoms with Gasteiger partial charge in [-0.3, -0.25) is 19.4 Å². The van der Waals surface area contributed by atoms with Crippen molar-refractivity contribution in [1.29, 1.82) is 0 Å². The van der Waals surface area contributed by atoms with Gasteiger partial charge in [0.15, 0.2) is 4.77 Å². The van der Waals surface area contributed by atoms with Gasteiger partial charge in [0, 0.05) is 13.1 Å². The van der Waals surface area contributed by atoms with E-state index in [1.54, 1.807) is 6.07 Å². The Kier molecular flexibility index (Phi) is 4.75. The van der Waals surface area contributed by atoms with Crippen molar-refractivity contribution < 1.29 is 9.50 Å². The molecular weight excluding hydrogens is 331 g/mol. The van der Waals surface area contributed by atoms with Crippen molar-refractivity contribution >= 4 is 18.4 Å². The summed E-state index contributed by atoms with van der Waals surface area (Å²) in [7, 11) is 0. The van der Waals surface area contributed by atoms with Crippen LogP contribution in [0.25, 0.3) is 5.69 Å². The monoisotopic (exact) mass is 348 g/mol. The molecule has 0 unspecified atom stereocenters.